The summed E-state index contributed by atoms with van der Waals surface area (Å²) in [5.41, 5.74) is 1.52. The second-order valence-electron chi connectivity index (χ2n) is 6.37. The Kier molecular flexibility index (Phi) is 7.79. The van der Waals surface area contributed by atoms with Crippen LogP contribution in [0.25, 0.3) is 0 Å². The molecule has 160 valence electrons. The van der Waals surface area contributed by atoms with Crippen LogP contribution in [0.2, 0.25) is 0 Å². The average Bonchev–Trinajstić information content (AvgIpc) is 2.68. The number of para-hydroxylation sites is 1. The van der Waals surface area contributed by atoms with Gasteiger partial charge >= 0.3 is 12.2 Å². The number of carbonyl (C=O) groups is 3. The Labute approximate surface area is 171 Å². The van der Waals surface area contributed by atoms with Gasteiger partial charge in [-0.1, -0.05) is 24.3 Å². The van der Waals surface area contributed by atoms with Gasteiger partial charge in [-0.05, 0) is 36.8 Å². The third-order valence-corrected chi connectivity index (χ3v) is 3.89. The maximum atomic E-state index is 12.2. The van der Waals surface area contributed by atoms with Gasteiger partial charge in [0.25, 0.3) is 5.91 Å². The molecule has 0 aliphatic heterocycles. The minimum atomic E-state index is -4.52. The highest BCUT2D eigenvalue weighted by atomic mass is 19.4. The summed E-state index contributed by atoms with van der Waals surface area (Å²) in [5.74, 6) is -1.33. The van der Waals surface area contributed by atoms with Crippen molar-refractivity contribution in [2.45, 2.75) is 19.5 Å². The van der Waals surface area contributed by atoms with Gasteiger partial charge in [-0.2, -0.15) is 13.2 Å². The lowest BCUT2D eigenvalue weighted by Crippen LogP contribution is -2.33. The fraction of sp³-hybridized carbons (Fsp3) is 0.250. The van der Waals surface area contributed by atoms with Gasteiger partial charge in [0.2, 0.25) is 5.91 Å². The molecule has 0 aliphatic carbocycles. The number of urea groups is 1. The lowest BCUT2D eigenvalue weighted by molar-refractivity contribution is -0.123. The van der Waals surface area contributed by atoms with Gasteiger partial charge in [0, 0.05) is 29.9 Å². The second kappa shape index (κ2) is 10.3. The zero-order chi connectivity index (χ0) is 22.1. The van der Waals surface area contributed by atoms with Crippen LogP contribution < -0.4 is 21.3 Å². The van der Waals surface area contributed by atoms with Crippen LogP contribution in [0, 0.1) is 6.92 Å². The highest BCUT2D eigenvalue weighted by molar-refractivity contribution is 5.98. The molecule has 2 aromatic carbocycles. The summed E-state index contributed by atoms with van der Waals surface area (Å²) < 4.78 is 36.7. The predicted octanol–water partition coefficient (Wildman–Crippen LogP) is 3.44. The molecule has 0 atom stereocenters. The number of aryl methyl sites for hydroxylation is 1. The molecule has 0 aliphatic rings. The fourth-order valence-electron chi connectivity index (χ4n) is 2.38. The van der Waals surface area contributed by atoms with E-state index in [4.69, 9.17) is 0 Å². The van der Waals surface area contributed by atoms with Crippen LogP contribution in [0.15, 0.2) is 48.5 Å². The fourth-order valence-corrected chi connectivity index (χ4v) is 2.38. The summed E-state index contributed by atoms with van der Waals surface area (Å²) in [7, 11) is 0. The van der Waals surface area contributed by atoms with Crippen molar-refractivity contribution in [1.29, 1.82) is 0 Å². The van der Waals surface area contributed by atoms with E-state index in [1.54, 1.807) is 36.5 Å². The number of benzene rings is 2. The molecule has 7 nitrogen and oxygen atoms in total. The summed E-state index contributed by atoms with van der Waals surface area (Å²) in [6, 6.07) is 12.5. The first-order valence-corrected chi connectivity index (χ1v) is 8.99. The number of halogens is 3. The first kappa shape index (κ1) is 22.7. The molecular formula is C20H21F3N4O3. The lowest BCUT2D eigenvalue weighted by Gasteiger charge is -2.12. The number of hydrogen-bond donors (Lipinski definition) is 4. The van der Waals surface area contributed by atoms with Gasteiger partial charge < -0.3 is 21.3 Å². The Morgan fingerprint density at radius 2 is 1.63 bits per heavy atom. The van der Waals surface area contributed by atoms with Crippen molar-refractivity contribution in [1.82, 2.24) is 10.6 Å². The Bertz CT molecular complexity index is 902. The standard InChI is InChI=1S/C20H21F3N4O3/c1-13-7-8-14(18(29)25-12-20(21,22)23)11-16(13)27-17(28)9-10-24-19(30)26-15-5-3-2-4-6-15/h2-8,11H,9-10,12H2,1H3,(H,25,29)(H,27,28)(H2,24,26,30). The number of anilines is 2. The average molecular weight is 422 g/mol. The van der Waals surface area contributed by atoms with Gasteiger partial charge in [0.15, 0.2) is 0 Å². The molecule has 0 saturated heterocycles. The number of alkyl halides is 3. The first-order chi connectivity index (χ1) is 14.1. The molecule has 2 aromatic rings. The van der Waals surface area contributed by atoms with Crippen LogP contribution in [0.3, 0.4) is 0 Å². The van der Waals surface area contributed by atoms with Crippen LogP contribution in [0.5, 0.6) is 0 Å². The van der Waals surface area contributed by atoms with Gasteiger partial charge in [0.1, 0.15) is 6.54 Å². The van der Waals surface area contributed by atoms with Crippen LogP contribution in [0.4, 0.5) is 29.3 Å². The van der Waals surface area contributed by atoms with Crippen LogP contribution in [-0.2, 0) is 4.79 Å². The zero-order valence-corrected chi connectivity index (χ0v) is 16.1. The third kappa shape index (κ3) is 7.82. The summed E-state index contributed by atoms with van der Waals surface area (Å²) in [5, 5.41) is 9.51. The molecule has 0 aromatic heterocycles. The van der Waals surface area contributed by atoms with Crippen LogP contribution in [0.1, 0.15) is 22.3 Å². The van der Waals surface area contributed by atoms with Crippen molar-refractivity contribution in [3.63, 3.8) is 0 Å². The summed E-state index contributed by atoms with van der Waals surface area (Å²) in [6.45, 7) is 0.298. The van der Waals surface area contributed by atoms with E-state index >= 15 is 0 Å². The smallest absolute Gasteiger partial charge is 0.343 e. The predicted molar refractivity (Wildman–Crippen MR) is 106 cm³/mol. The van der Waals surface area contributed by atoms with E-state index < -0.39 is 30.6 Å². The lowest BCUT2D eigenvalue weighted by atomic mass is 10.1. The molecule has 0 spiro atoms. The quantitative estimate of drug-likeness (QED) is 0.550. The van der Waals surface area contributed by atoms with E-state index in [9.17, 15) is 27.6 Å². The van der Waals surface area contributed by atoms with Crippen molar-refractivity contribution < 1.29 is 27.6 Å². The van der Waals surface area contributed by atoms with Crippen molar-refractivity contribution in [2.75, 3.05) is 23.7 Å². The summed E-state index contributed by atoms with van der Waals surface area (Å²) >= 11 is 0. The molecule has 0 heterocycles. The largest absolute Gasteiger partial charge is 0.405 e. The molecule has 2 rings (SSSR count). The Hall–Kier alpha value is -3.56. The Morgan fingerprint density at radius 1 is 0.933 bits per heavy atom. The van der Waals surface area contributed by atoms with E-state index in [-0.39, 0.29) is 18.5 Å². The molecule has 0 unspecified atom stereocenters. The summed E-state index contributed by atoms with van der Waals surface area (Å²) in [6.07, 6.45) is -4.55. The highest BCUT2D eigenvalue weighted by Crippen LogP contribution is 2.18. The normalized spacial score (nSPS) is 10.8. The number of rotatable bonds is 7. The number of nitrogens with one attached hydrogen (secondary N) is 4. The number of hydrogen-bond acceptors (Lipinski definition) is 3. The molecule has 0 fully saturated rings. The molecule has 4 N–H and O–H groups in total. The van der Waals surface area contributed by atoms with Crippen molar-refractivity contribution >= 4 is 29.2 Å². The summed E-state index contributed by atoms with van der Waals surface area (Å²) in [4.78, 5) is 35.7. The second-order valence-corrected chi connectivity index (χ2v) is 6.37. The maximum absolute atomic E-state index is 12.2. The monoisotopic (exact) mass is 422 g/mol. The van der Waals surface area contributed by atoms with Crippen molar-refractivity contribution in [2.24, 2.45) is 0 Å². The molecule has 30 heavy (non-hydrogen) atoms. The van der Waals surface area contributed by atoms with Gasteiger partial charge in [-0.3, -0.25) is 9.59 Å². The van der Waals surface area contributed by atoms with Crippen molar-refractivity contribution in [3.05, 3.63) is 59.7 Å². The van der Waals surface area contributed by atoms with E-state index in [0.29, 0.717) is 16.9 Å². The van der Waals surface area contributed by atoms with Gasteiger partial charge in [-0.15, -0.1) is 0 Å². The first-order valence-electron chi connectivity index (χ1n) is 8.99. The number of carbonyl (C=O) groups excluding carboxylic acids is 3. The SMILES string of the molecule is Cc1ccc(C(=O)NCC(F)(F)F)cc1NC(=O)CCNC(=O)Nc1ccccc1. The molecule has 0 saturated carbocycles. The zero-order valence-electron chi connectivity index (χ0n) is 16.1. The van der Waals surface area contributed by atoms with Crippen molar-refractivity contribution in [3.8, 4) is 0 Å². The van der Waals surface area contributed by atoms with Crippen LogP contribution in [-0.4, -0.2) is 37.1 Å². The van der Waals surface area contributed by atoms with E-state index in [1.165, 1.54) is 18.2 Å². The third-order valence-electron chi connectivity index (χ3n) is 3.89. The minimum Gasteiger partial charge on any atom is -0.343 e. The van der Waals surface area contributed by atoms with Gasteiger partial charge in [-0.25, -0.2) is 4.79 Å². The Balaban J connectivity index is 1.84. The minimum absolute atomic E-state index is 0.0134. The maximum Gasteiger partial charge on any atom is 0.405 e. The number of amides is 4. The molecule has 10 heteroatoms. The highest BCUT2D eigenvalue weighted by Gasteiger charge is 2.28. The van der Waals surface area contributed by atoms with Crippen LogP contribution >= 0.6 is 0 Å². The topological polar surface area (TPSA) is 99.3 Å². The Morgan fingerprint density at radius 3 is 2.30 bits per heavy atom. The van der Waals surface area contributed by atoms with Gasteiger partial charge in [0.05, 0.1) is 0 Å². The van der Waals surface area contributed by atoms with E-state index in [1.807, 2.05) is 6.07 Å². The molecule has 0 bridgehead atoms. The molecule has 4 amide bonds. The molecule has 0 radical (unpaired) electrons. The van der Waals surface area contributed by atoms with E-state index in [0.717, 1.165) is 0 Å². The molecular weight excluding hydrogens is 401 g/mol. The van der Waals surface area contributed by atoms with E-state index in [2.05, 4.69) is 16.0 Å².